The van der Waals surface area contributed by atoms with E-state index in [0.717, 1.165) is 12.8 Å². The topological polar surface area (TPSA) is 0 Å². The molecular weight excluding hydrogens is 270 g/mol. The Kier molecular flexibility index (Phi) is 9.76. The molecule has 0 bridgehead atoms. The molecule has 0 amide bonds. The van der Waals surface area contributed by atoms with E-state index >= 15 is 0 Å². The van der Waals surface area contributed by atoms with Gasteiger partial charge in [0.15, 0.2) is 0 Å². The molecule has 2 unspecified atom stereocenters. The molecule has 0 saturated carbocycles. The van der Waals surface area contributed by atoms with E-state index in [1.165, 1.54) is 30.1 Å². The van der Waals surface area contributed by atoms with Gasteiger partial charge in [0.1, 0.15) is 0 Å². The lowest BCUT2D eigenvalue weighted by atomic mass is 9.99. The van der Waals surface area contributed by atoms with E-state index in [4.69, 9.17) is 0 Å². The normalized spacial score (nSPS) is 16.0. The zero-order valence-corrected chi connectivity index (χ0v) is 14.0. The summed E-state index contributed by atoms with van der Waals surface area (Å²) in [6.45, 7) is 10.3. The number of unbranched alkanes of at least 4 members (excludes halogenated alkanes) is 3. The predicted molar refractivity (Wildman–Crippen MR) is 82.7 cm³/mol. The van der Waals surface area contributed by atoms with Crippen LogP contribution in [0.5, 0.6) is 0 Å². The molecule has 0 aliphatic heterocycles. The van der Waals surface area contributed by atoms with Crippen LogP contribution in [-0.2, 0) is 0 Å². The van der Waals surface area contributed by atoms with Crippen molar-refractivity contribution in [2.75, 3.05) is 0 Å². The highest BCUT2D eigenvalue weighted by Crippen LogP contribution is 2.43. The zero-order valence-electron chi connectivity index (χ0n) is 12.3. The Bertz CT molecular complexity index is 202. The highest BCUT2D eigenvalue weighted by Gasteiger charge is 2.29. The Morgan fingerprint density at radius 3 is 2.11 bits per heavy atom. The van der Waals surface area contributed by atoms with Gasteiger partial charge in [-0.3, -0.25) is 0 Å². The van der Waals surface area contributed by atoms with Crippen molar-refractivity contribution >= 4 is 21.6 Å². The lowest BCUT2D eigenvalue weighted by molar-refractivity contribution is 0.124. The third kappa shape index (κ3) is 9.48. The average Bonchev–Trinajstić information content (AvgIpc) is 2.22. The van der Waals surface area contributed by atoms with Crippen LogP contribution < -0.4 is 0 Å². The number of hydrogen-bond donors (Lipinski definition) is 0. The highest BCUT2D eigenvalue weighted by molar-refractivity contribution is 8.77. The molecule has 0 aromatic carbocycles. The minimum absolute atomic E-state index is 0.0414. The Hall–Kier alpha value is 0.560. The minimum Gasteiger partial charge on any atom is -0.209 e. The monoisotopic (exact) mass is 298 g/mol. The van der Waals surface area contributed by atoms with Gasteiger partial charge in [-0.25, -0.2) is 8.78 Å². The molecule has 0 aliphatic carbocycles. The smallest absolute Gasteiger partial charge is 0.209 e. The molecule has 2 atom stereocenters. The molecule has 110 valence electrons. The molecule has 0 aromatic rings. The van der Waals surface area contributed by atoms with E-state index < -0.39 is 11.7 Å². The van der Waals surface area contributed by atoms with Crippen LogP contribution in [0.1, 0.15) is 66.7 Å². The lowest BCUT2D eigenvalue weighted by Crippen LogP contribution is -2.23. The maximum atomic E-state index is 13.1. The first-order chi connectivity index (χ1) is 8.28. The van der Waals surface area contributed by atoms with Gasteiger partial charge in [-0.05, 0) is 12.3 Å². The van der Waals surface area contributed by atoms with Gasteiger partial charge in [-0.2, -0.15) is 0 Å². The molecule has 18 heavy (non-hydrogen) atoms. The summed E-state index contributed by atoms with van der Waals surface area (Å²) in [5.74, 6) is 0.0988. The number of hydrogen-bond acceptors (Lipinski definition) is 2. The van der Waals surface area contributed by atoms with Crippen LogP contribution in [0.4, 0.5) is 8.78 Å². The molecule has 0 aromatic heterocycles. The van der Waals surface area contributed by atoms with Gasteiger partial charge >= 0.3 is 0 Å². The van der Waals surface area contributed by atoms with Gasteiger partial charge in [0.05, 0.1) is 5.25 Å². The maximum Gasteiger partial charge on any atom is 0.251 e. The molecule has 0 radical (unpaired) electrons. The highest BCUT2D eigenvalue weighted by atomic mass is 33.1. The third-order valence-corrected chi connectivity index (χ3v) is 6.68. The van der Waals surface area contributed by atoms with Crippen molar-refractivity contribution in [3.05, 3.63) is 0 Å². The van der Waals surface area contributed by atoms with Crippen molar-refractivity contribution in [2.24, 2.45) is 5.92 Å². The molecule has 4 heteroatoms. The number of halogens is 2. The van der Waals surface area contributed by atoms with Crippen molar-refractivity contribution in [2.45, 2.75) is 83.1 Å². The summed E-state index contributed by atoms with van der Waals surface area (Å²) in [7, 11) is 2.95. The van der Waals surface area contributed by atoms with Gasteiger partial charge < -0.3 is 0 Å². The molecule has 0 saturated heterocycles. The van der Waals surface area contributed by atoms with Crippen LogP contribution in [-0.4, -0.2) is 16.4 Å². The first kappa shape index (κ1) is 18.6. The largest absolute Gasteiger partial charge is 0.251 e. The van der Waals surface area contributed by atoms with E-state index in [0.29, 0.717) is 0 Å². The summed E-state index contributed by atoms with van der Waals surface area (Å²) < 4.78 is 26.2. The second-order valence-corrected chi connectivity index (χ2v) is 9.12. The van der Waals surface area contributed by atoms with E-state index in [1.54, 1.807) is 10.8 Å². The molecule has 0 spiro atoms. The number of alkyl halides is 2. The van der Waals surface area contributed by atoms with E-state index in [-0.39, 0.29) is 10.7 Å². The number of rotatable bonds is 9. The Morgan fingerprint density at radius 2 is 1.67 bits per heavy atom. The zero-order chi connectivity index (χ0) is 14.2. The Balaban J connectivity index is 4.07. The average molecular weight is 299 g/mol. The van der Waals surface area contributed by atoms with Crippen LogP contribution in [0.3, 0.4) is 0 Å². The van der Waals surface area contributed by atoms with Crippen LogP contribution in [0, 0.1) is 5.92 Å². The van der Waals surface area contributed by atoms with Crippen LogP contribution >= 0.6 is 21.6 Å². The molecule has 0 aliphatic rings. The summed E-state index contributed by atoms with van der Waals surface area (Å²) in [5.41, 5.74) is 0. The predicted octanol–water partition coefficient (Wildman–Crippen LogP) is 6.41. The summed E-state index contributed by atoms with van der Waals surface area (Å²) in [4.78, 5) is 0. The van der Waals surface area contributed by atoms with Crippen LogP contribution in [0.15, 0.2) is 0 Å². The molecule has 0 fully saturated rings. The van der Waals surface area contributed by atoms with Gasteiger partial charge in [-0.1, -0.05) is 81.9 Å². The molecule has 0 nitrogen and oxygen atoms in total. The second-order valence-electron chi connectivity index (χ2n) is 5.92. The third-order valence-electron chi connectivity index (χ3n) is 2.73. The minimum atomic E-state index is -2.22. The van der Waals surface area contributed by atoms with E-state index in [9.17, 15) is 8.78 Å². The Labute approximate surface area is 119 Å². The first-order valence-corrected chi connectivity index (χ1v) is 9.12. The van der Waals surface area contributed by atoms with E-state index in [1.807, 2.05) is 6.92 Å². The van der Waals surface area contributed by atoms with Crippen molar-refractivity contribution in [1.82, 2.24) is 0 Å². The van der Waals surface area contributed by atoms with Gasteiger partial charge in [0.25, 0.3) is 6.43 Å². The lowest BCUT2D eigenvalue weighted by Gasteiger charge is -2.26. The standard InChI is InChI=1S/C14H28F2S2/c1-6-7-8-9-10-11(2)12(13(15)16)17-18-14(3,4)5/h11-13H,6-10H2,1-5H3. The van der Waals surface area contributed by atoms with Crippen LogP contribution in [0.25, 0.3) is 0 Å². The molecule has 0 heterocycles. The molecule has 0 N–H and O–H groups in total. The van der Waals surface area contributed by atoms with Crippen LogP contribution in [0.2, 0.25) is 0 Å². The molecular formula is C14H28F2S2. The SMILES string of the molecule is CCCCCCC(C)C(SSC(C)(C)C)C(F)F. The van der Waals surface area contributed by atoms with Crippen molar-refractivity contribution in [3.63, 3.8) is 0 Å². The van der Waals surface area contributed by atoms with Gasteiger partial charge in [-0.15, -0.1) is 0 Å². The van der Waals surface area contributed by atoms with Gasteiger partial charge in [0, 0.05) is 4.75 Å². The quantitative estimate of drug-likeness (QED) is 0.356. The second kappa shape index (κ2) is 9.46. The Morgan fingerprint density at radius 1 is 1.06 bits per heavy atom. The summed E-state index contributed by atoms with van der Waals surface area (Å²) in [6, 6.07) is 0. The van der Waals surface area contributed by atoms with E-state index in [2.05, 4.69) is 27.7 Å². The summed E-state index contributed by atoms with van der Waals surface area (Å²) in [5, 5.41) is -0.532. The van der Waals surface area contributed by atoms with Gasteiger partial charge in [0.2, 0.25) is 0 Å². The fourth-order valence-electron chi connectivity index (χ4n) is 1.64. The fraction of sp³-hybridized carbons (Fsp3) is 1.00. The first-order valence-electron chi connectivity index (χ1n) is 6.90. The molecule has 0 rings (SSSR count). The summed E-state index contributed by atoms with van der Waals surface area (Å²) in [6.07, 6.45) is 3.38. The fourth-order valence-corrected chi connectivity index (χ4v) is 4.47. The maximum absolute atomic E-state index is 13.1. The summed E-state index contributed by atoms with van der Waals surface area (Å²) >= 11 is 0. The van der Waals surface area contributed by atoms with Crippen molar-refractivity contribution in [1.29, 1.82) is 0 Å². The van der Waals surface area contributed by atoms with Crippen molar-refractivity contribution < 1.29 is 8.78 Å². The van der Waals surface area contributed by atoms with Crippen molar-refractivity contribution in [3.8, 4) is 0 Å².